The Bertz CT molecular complexity index is 490. The van der Waals surface area contributed by atoms with Crippen LogP contribution in [0.15, 0.2) is 6.20 Å². The average Bonchev–Trinajstić information content (AvgIpc) is 3.17. The second kappa shape index (κ2) is 6.36. The van der Waals surface area contributed by atoms with Crippen LogP contribution in [0.25, 0.3) is 0 Å². The molecule has 1 aromatic rings. The SMILES string of the molecule is Cn1ncc(Cl)c1C(=O)NC[C@H]1CCN(C2CCCC2)C1. The third-order valence-corrected chi connectivity index (χ3v) is 5.10. The van der Waals surface area contributed by atoms with Crippen LogP contribution in [0.1, 0.15) is 42.6 Å². The number of aryl methyl sites for hydroxylation is 1. The van der Waals surface area contributed by atoms with Crippen LogP contribution >= 0.6 is 11.6 Å². The Hall–Kier alpha value is -1.07. The zero-order chi connectivity index (χ0) is 14.8. The van der Waals surface area contributed by atoms with Gasteiger partial charge in [0.2, 0.25) is 0 Å². The van der Waals surface area contributed by atoms with Gasteiger partial charge in [-0.1, -0.05) is 24.4 Å². The first-order valence-corrected chi connectivity index (χ1v) is 8.22. The molecule has 116 valence electrons. The van der Waals surface area contributed by atoms with Gasteiger partial charge in [-0.2, -0.15) is 5.10 Å². The van der Waals surface area contributed by atoms with Gasteiger partial charge < -0.3 is 10.2 Å². The first kappa shape index (κ1) is 14.9. The highest BCUT2D eigenvalue weighted by Gasteiger charge is 2.30. The van der Waals surface area contributed by atoms with E-state index in [1.165, 1.54) is 49.5 Å². The molecule has 5 nitrogen and oxygen atoms in total. The zero-order valence-corrected chi connectivity index (χ0v) is 13.3. The molecular formula is C15H23ClN4O. The second-order valence-corrected chi connectivity index (χ2v) is 6.67. The van der Waals surface area contributed by atoms with Crippen molar-refractivity contribution < 1.29 is 4.79 Å². The summed E-state index contributed by atoms with van der Waals surface area (Å²) in [4.78, 5) is 14.8. The summed E-state index contributed by atoms with van der Waals surface area (Å²) < 4.78 is 1.52. The van der Waals surface area contributed by atoms with Crippen molar-refractivity contribution >= 4 is 17.5 Å². The van der Waals surface area contributed by atoms with Crippen molar-refractivity contribution in [2.45, 2.75) is 38.1 Å². The molecule has 2 aliphatic rings. The van der Waals surface area contributed by atoms with Crippen molar-refractivity contribution in [2.24, 2.45) is 13.0 Å². The van der Waals surface area contributed by atoms with Crippen LogP contribution in [-0.2, 0) is 7.05 Å². The molecule has 1 aliphatic carbocycles. The first-order valence-electron chi connectivity index (χ1n) is 7.85. The molecule has 6 heteroatoms. The van der Waals surface area contributed by atoms with Gasteiger partial charge in [0, 0.05) is 26.2 Å². The molecule has 21 heavy (non-hydrogen) atoms. The molecule has 0 spiro atoms. The Balaban J connectivity index is 1.49. The molecule has 1 saturated carbocycles. The minimum atomic E-state index is -0.126. The number of hydrogen-bond donors (Lipinski definition) is 1. The second-order valence-electron chi connectivity index (χ2n) is 6.26. The predicted octanol–water partition coefficient (Wildman–Crippen LogP) is 2.07. The Morgan fingerprint density at radius 2 is 2.19 bits per heavy atom. The summed E-state index contributed by atoms with van der Waals surface area (Å²) in [6.07, 6.45) is 8.14. The number of nitrogens with zero attached hydrogens (tertiary/aromatic N) is 3. The Labute approximate surface area is 130 Å². The summed E-state index contributed by atoms with van der Waals surface area (Å²) >= 11 is 5.99. The molecule has 2 fully saturated rings. The summed E-state index contributed by atoms with van der Waals surface area (Å²) in [6.45, 7) is 3.02. The third kappa shape index (κ3) is 3.24. The van der Waals surface area contributed by atoms with Crippen LogP contribution in [0, 0.1) is 5.92 Å². The Morgan fingerprint density at radius 3 is 2.86 bits per heavy atom. The zero-order valence-electron chi connectivity index (χ0n) is 12.5. The Kier molecular flexibility index (Phi) is 4.50. The van der Waals surface area contributed by atoms with Crippen LogP contribution in [0.5, 0.6) is 0 Å². The lowest BCUT2D eigenvalue weighted by molar-refractivity contribution is 0.0937. The monoisotopic (exact) mass is 310 g/mol. The molecule has 1 amide bonds. The number of halogens is 1. The average molecular weight is 311 g/mol. The number of carbonyl (C=O) groups is 1. The van der Waals surface area contributed by atoms with E-state index in [9.17, 15) is 4.79 Å². The molecule has 3 rings (SSSR count). The quantitative estimate of drug-likeness (QED) is 0.926. The van der Waals surface area contributed by atoms with E-state index in [2.05, 4.69) is 15.3 Å². The van der Waals surface area contributed by atoms with Crippen molar-refractivity contribution in [2.75, 3.05) is 19.6 Å². The van der Waals surface area contributed by atoms with Crippen molar-refractivity contribution in [1.82, 2.24) is 20.0 Å². The third-order valence-electron chi connectivity index (χ3n) is 4.82. The molecule has 0 unspecified atom stereocenters. The summed E-state index contributed by atoms with van der Waals surface area (Å²) in [5.74, 6) is 0.431. The van der Waals surface area contributed by atoms with Gasteiger partial charge in [-0.25, -0.2) is 0 Å². The molecule has 0 radical (unpaired) electrons. The lowest BCUT2D eigenvalue weighted by Crippen LogP contribution is -2.34. The van der Waals surface area contributed by atoms with Gasteiger partial charge in [-0.05, 0) is 31.7 Å². The maximum Gasteiger partial charge on any atom is 0.271 e. The number of hydrogen-bond acceptors (Lipinski definition) is 3. The van der Waals surface area contributed by atoms with Crippen molar-refractivity contribution in [1.29, 1.82) is 0 Å². The molecule has 2 heterocycles. The summed E-state index contributed by atoms with van der Waals surface area (Å²) in [6, 6.07) is 0.789. The molecule has 1 atom stereocenters. The molecule has 1 aliphatic heterocycles. The van der Waals surface area contributed by atoms with Crippen LogP contribution in [0.3, 0.4) is 0 Å². The summed E-state index contributed by atoms with van der Waals surface area (Å²) in [7, 11) is 1.73. The largest absolute Gasteiger partial charge is 0.350 e. The lowest BCUT2D eigenvalue weighted by atomic mass is 10.1. The maximum atomic E-state index is 12.2. The number of rotatable bonds is 4. The van der Waals surface area contributed by atoms with Crippen LogP contribution in [0.4, 0.5) is 0 Å². The van der Waals surface area contributed by atoms with Crippen LogP contribution in [-0.4, -0.2) is 46.3 Å². The van der Waals surface area contributed by atoms with Crippen LogP contribution < -0.4 is 5.32 Å². The number of amides is 1. The van der Waals surface area contributed by atoms with E-state index in [1.807, 2.05) is 0 Å². The van der Waals surface area contributed by atoms with Gasteiger partial charge >= 0.3 is 0 Å². The Morgan fingerprint density at radius 1 is 1.43 bits per heavy atom. The highest BCUT2D eigenvalue weighted by atomic mass is 35.5. The highest BCUT2D eigenvalue weighted by molar-refractivity contribution is 6.33. The van der Waals surface area contributed by atoms with Gasteiger partial charge in [0.1, 0.15) is 5.69 Å². The fourth-order valence-electron chi connectivity index (χ4n) is 3.62. The summed E-state index contributed by atoms with van der Waals surface area (Å²) in [5.41, 5.74) is 0.447. The van der Waals surface area contributed by atoms with Gasteiger partial charge in [-0.3, -0.25) is 9.48 Å². The topological polar surface area (TPSA) is 50.2 Å². The van der Waals surface area contributed by atoms with Gasteiger partial charge in [0.25, 0.3) is 5.91 Å². The number of aromatic nitrogens is 2. The van der Waals surface area contributed by atoms with E-state index < -0.39 is 0 Å². The maximum absolute atomic E-state index is 12.2. The molecular weight excluding hydrogens is 288 g/mol. The van der Waals surface area contributed by atoms with Crippen LogP contribution in [0.2, 0.25) is 5.02 Å². The molecule has 1 aromatic heterocycles. The van der Waals surface area contributed by atoms with E-state index in [-0.39, 0.29) is 5.91 Å². The van der Waals surface area contributed by atoms with E-state index in [4.69, 9.17) is 11.6 Å². The first-order chi connectivity index (χ1) is 10.1. The molecule has 1 N–H and O–H groups in total. The fourth-order valence-corrected chi connectivity index (χ4v) is 3.87. The van der Waals surface area contributed by atoms with Gasteiger partial charge in [0.05, 0.1) is 11.2 Å². The minimum Gasteiger partial charge on any atom is -0.350 e. The predicted molar refractivity (Wildman–Crippen MR) is 82.5 cm³/mol. The van der Waals surface area contributed by atoms with E-state index in [1.54, 1.807) is 7.05 Å². The van der Waals surface area contributed by atoms with E-state index in [0.29, 0.717) is 16.6 Å². The highest BCUT2D eigenvalue weighted by Crippen LogP contribution is 2.28. The molecule has 1 saturated heterocycles. The number of carbonyl (C=O) groups excluding carboxylic acids is 1. The number of likely N-dealkylation sites (tertiary alicyclic amines) is 1. The standard InChI is InChI=1S/C15H23ClN4O/c1-19-14(13(16)9-18-19)15(21)17-8-11-6-7-20(10-11)12-4-2-3-5-12/h9,11-12H,2-8,10H2,1H3,(H,17,21)/t11-/m1/s1. The minimum absolute atomic E-state index is 0.126. The van der Waals surface area contributed by atoms with E-state index >= 15 is 0 Å². The van der Waals surface area contributed by atoms with Crippen molar-refractivity contribution in [3.05, 3.63) is 16.9 Å². The smallest absolute Gasteiger partial charge is 0.271 e. The fraction of sp³-hybridized carbons (Fsp3) is 0.733. The number of nitrogens with one attached hydrogen (secondary N) is 1. The summed E-state index contributed by atoms with van der Waals surface area (Å²) in [5, 5.41) is 7.42. The van der Waals surface area contributed by atoms with Gasteiger partial charge in [0.15, 0.2) is 0 Å². The van der Waals surface area contributed by atoms with E-state index in [0.717, 1.165) is 19.1 Å². The normalized spacial score (nSPS) is 23.8. The molecule has 0 aromatic carbocycles. The van der Waals surface area contributed by atoms with Gasteiger partial charge in [-0.15, -0.1) is 0 Å². The van der Waals surface area contributed by atoms with Crippen molar-refractivity contribution in [3.63, 3.8) is 0 Å². The molecule has 0 bridgehead atoms. The van der Waals surface area contributed by atoms with Crippen molar-refractivity contribution in [3.8, 4) is 0 Å². The lowest BCUT2D eigenvalue weighted by Gasteiger charge is -2.23.